The molecule has 0 spiro atoms. The van der Waals surface area contributed by atoms with Crippen LogP contribution in [0.15, 0.2) is 24.5 Å². The fourth-order valence-corrected chi connectivity index (χ4v) is 1.45. The Hall–Kier alpha value is -0.930. The van der Waals surface area contributed by atoms with Gasteiger partial charge in [-0.05, 0) is 12.5 Å². The minimum absolute atomic E-state index is 0.135. The second-order valence-corrected chi connectivity index (χ2v) is 3.29. The quantitative estimate of drug-likeness (QED) is 0.780. The zero-order valence-electron chi connectivity index (χ0n) is 8.68. The van der Waals surface area contributed by atoms with Gasteiger partial charge in [-0.2, -0.15) is 0 Å². The number of hydrogen-bond donors (Lipinski definition) is 1. The summed E-state index contributed by atoms with van der Waals surface area (Å²) in [5.74, 6) is 0. The third-order valence-electron chi connectivity index (χ3n) is 2.25. The van der Waals surface area contributed by atoms with E-state index in [1.54, 1.807) is 19.5 Å². The second-order valence-electron chi connectivity index (χ2n) is 3.29. The van der Waals surface area contributed by atoms with E-state index in [1.165, 1.54) is 0 Å². The first-order chi connectivity index (χ1) is 6.79. The largest absolute Gasteiger partial charge is 0.386 e. The van der Waals surface area contributed by atoms with E-state index < -0.39 is 6.10 Å². The Morgan fingerprint density at radius 1 is 1.57 bits per heavy atom. The SMILES string of the molecule is CCCC(OC)C(O)c1cccnc1. The van der Waals surface area contributed by atoms with Crippen molar-refractivity contribution >= 4 is 0 Å². The highest BCUT2D eigenvalue weighted by Gasteiger charge is 2.19. The fraction of sp³-hybridized carbons (Fsp3) is 0.545. The summed E-state index contributed by atoms with van der Waals surface area (Å²) >= 11 is 0. The normalized spacial score (nSPS) is 15.1. The van der Waals surface area contributed by atoms with Crippen LogP contribution in [0, 0.1) is 0 Å². The van der Waals surface area contributed by atoms with Crippen LogP contribution in [0.2, 0.25) is 0 Å². The van der Waals surface area contributed by atoms with E-state index in [-0.39, 0.29) is 6.10 Å². The Bertz CT molecular complexity index is 251. The molecule has 14 heavy (non-hydrogen) atoms. The molecule has 1 aromatic rings. The molecule has 3 heteroatoms. The van der Waals surface area contributed by atoms with Gasteiger partial charge >= 0.3 is 0 Å². The molecule has 3 nitrogen and oxygen atoms in total. The molecule has 0 saturated heterocycles. The molecule has 0 aliphatic carbocycles. The molecule has 0 aliphatic heterocycles. The number of methoxy groups -OCH3 is 1. The van der Waals surface area contributed by atoms with Crippen LogP contribution in [-0.2, 0) is 4.74 Å². The van der Waals surface area contributed by atoms with Crippen molar-refractivity contribution in [3.63, 3.8) is 0 Å². The molecule has 2 unspecified atom stereocenters. The van der Waals surface area contributed by atoms with Crippen LogP contribution in [0.5, 0.6) is 0 Å². The number of aromatic nitrogens is 1. The van der Waals surface area contributed by atoms with Crippen molar-refractivity contribution in [2.75, 3.05) is 7.11 Å². The summed E-state index contributed by atoms with van der Waals surface area (Å²) in [6, 6.07) is 3.68. The van der Waals surface area contributed by atoms with Crippen LogP contribution in [0.25, 0.3) is 0 Å². The molecule has 1 heterocycles. The van der Waals surface area contributed by atoms with Crippen molar-refractivity contribution in [1.29, 1.82) is 0 Å². The van der Waals surface area contributed by atoms with Gasteiger partial charge in [0.15, 0.2) is 0 Å². The lowest BCUT2D eigenvalue weighted by Crippen LogP contribution is -2.20. The predicted molar refractivity (Wildman–Crippen MR) is 54.9 cm³/mol. The second kappa shape index (κ2) is 5.73. The van der Waals surface area contributed by atoms with Gasteiger partial charge in [-0.15, -0.1) is 0 Å². The topological polar surface area (TPSA) is 42.4 Å². The summed E-state index contributed by atoms with van der Waals surface area (Å²) in [4.78, 5) is 3.97. The van der Waals surface area contributed by atoms with Gasteiger partial charge in [-0.25, -0.2) is 0 Å². The van der Waals surface area contributed by atoms with Crippen LogP contribution in [0.4, 0.5) is 0 Å². The summed E-state index contributed by atoms with van der Waals surface area (Å²) in [5.41, 5.74) is 0.813. The number of aliphatic hydroxyl groups excluding tert-OH is 1. The molecule has 0 aliphatic rings. The zero-order chi connectivity index (χ0) is 10.4. The van der Waals surface area contributed by atoms with Gasteiger partial charge in [0.05, 0.1) is 6.10 Å². The number of ether oxygens (including phenoxy) is 1. The van der Waals surface area contributed by atoms with Crippen molar-refractivity contribution < 1.29 is 9.84 Å². The van der Waals surface area contributed by atoms with Gasteiger partial charge in [0.1, 0.15) is 6.10 Å². The van der Waals surface area contributed by atoms with Gasteiger partial charge in [0.25, 0.3) is 0 Å². The predicted octanol–water partition coefficient (Wildman–Crippen LogP) is 1.93. The Morgan fingerprint density at radius 2 is 2.36 bits per heavy atom. The van der Waals surface area contributed by atoms with Crippen LogP contribution in [0.1, 0.15) is 31.4 Å². The zero-order valence-corrected chi connectivity index (χ0v) is 8.68. The summed E-state index contributed by atoms with van der Waals surface area (Å²) < 4.78 is 5.23. The molecule has 0 radical (unpaired) electrons. The van der Waals surface area contributed by atoms with Crippen LogP contribution in [-0.4, -0.2) is 23.3 Å². The smallest absolute Gasteiger partial charge is 0.107 e. The van der Waals surface area contributed by atoms with Crippen molar-refractivity contribution in [3.8, 4) is 0 Å². The molecule has 1 aromatic heterocycles. The number of rotatable bonds is 5. The van der Waals surface area contributed by atoms with Gasteiger partial charge in [-0.3, -0.25) is 4.98 Å². The molecular weight excluding hydrogens is 178 g/mol. The van der Waals surface area contributed by atoms with Crippen LogP contribution >= 0.6 is 0 Å². The molecule has 1 N–H and O–H groups in total. The van der Waals surface area contributed by atoms with Crippen molar-refractivity contribution in [1.82, 2.24) is 4.98 Å². The number of pyridine rings is 1. The van der Waals surface area contributed by atoms with E-state index >= 15 is 0 Å². The molecule has 2 atom stereocenters. The molecule has 0 fully saturated rings. The Labute approximate surface area is 84.7 Å². The fourth-order valence-electron chi connectivity index (χ4n) is 1.45. The number of nitrogens with zero attached hydrogens (tertiary/aromatic N) is 1. The van der Waals surface area contributed by atoms with E-state index in [4.69, 9.17) is 4.74 Å². The number of aliphatic hydroxyl groups is 1. The lowest BCUT2D eigenvalue weighted by molar-refractivity contribution is -0.0181. The summed E-state index contributed by atoms with van der Waals surface area (Å²) in [6.07, 6.45) is 4.50. The summed E-state index contributed by atoms with van der Waals surface area (Å²) in [6.45, 7) is 2.07. The van der Waals surface area contributed by atoms with Crippen LogP contribution in [0.3, 0.4) is 0 Å². The molecule has 78 valence electrons. The highest BCUT2D eigenvalue weighted by Crippen LogP contribution is 2.20. The van der Waals surface area contributed by atoms with Gasteiger partial charge < -0.3 is 9.84 Å². The van der Waals surface area contributed by atoms with Gasteiger partial charge in [0.2, 0.25) is 0 Å². The average Bonchev–Trinajstić information content (AvgIpc) is 2.26. The molecule has 0 aromatic carbocycles. The third kappa shape index (κ3) is 2.79. The monoisotopic (exact) mass is 195 g/mol. The minimum Gasteiger partial charge on any atom is -0.386 e. The van der Waals surface area contributed by atoms with E-state index in [1.807, 2.05) is 12.1 Å². The lowest BCUT2D eigenvalue weighted by atomic mass is 10.0. The molecule has 1 rings (SSSR count). The maximum absolute atomic E-state index is 9.95. The average molecular weight is 195 g/mol. The molecular formula is C11H17NO2. The Morgan fingerprint density at radius 3 is 2.86 bits per heavy atom. The minimum atomic E-state index is -0.575. The van der Waals surface area contributed by atoms with E-state index in [9.17, 15) is 5.11 Å². The van der Waals surface area contributed by atoms with Crippen LogP contribution < -0.4 is 0 Å². The number of hydrogen-bond acceptors (Lipinski definition) is 3. The van der Waals surface area contributed by atoms with E-state index in [0.717, 1.165) is 18.4 Å². The van der Waals surface area contributed by atoms with Crippen molar-refractivity contribution in [2.24, 2.45) is 0 Å². The van der Waals surface area contributed by atoms with Gasteiger partial charge in [-0.1, -0.05) is 19.4 Å². The maximum atomic E-state index is 9.95. The van der Waals surface area contributed by atoms with Gasteiger partial charge in [0, 0.05) is 25.1 Å². The highest BCUT2D eigenvalue weighted by atomic mass is 16.5. The summed E-state index contributed by atoms with van der Waals surface area (Å²) in [5, 5.41) is 9.95. The Kier molecular flexibility index (Phi) is 4.56. The maximum Gasteiger partial charge on any atom is 0.107 e. The first kappa shape index (κ1) is 11.1. The van der Waals surface area contributed by atoms with E-state index in [0.29, 0.717) is 0 Å². The highest BCUT2D eigenvalue weighted by molar-refractivity contribution is 5.13. The molecule has 0 saturated carbocycles. The first-order valence-corrected chi connectivity index (χ1v) is 4.90. The molecule has 0 amide bonds. The van der Waals surface area contributed by atoms with E-state index in [2.05, 4.69) is 11.9 Å². The lowest BCUT2D eigenvalue weighted by Gasteiger charge is -2.20. The Balaban J connectivity index is 2.67. The molecule has 0 bridgehead atoms. The third-order valence-corrected chi connectivity index (χ3v) is 2.25. The first-order valence-electron chi connectivity index (χ1n) is 4.90. The van der Waals surface area contributed by atoms with Crippen molar-refractivity contribution in [2.45, 2.75) is 32.0 Å². The van der Waals surface area contributed by atoms with Crippen molar-refractivity contribution in [3.05, 3.63) is 30.1 Å². The summed E-state index contributed by atoms with van der Waals surface area (Å²) in [7, 11) is 1.62. The standard InChI is InChI=1S/C11H17NO2/c1-3-5-10(14-2)11(13)9-6-4-7-12-8-9/h4,6-8,10-11,13H,3,5H2,1-2H3.